The quantitative estimate of drug-likeness (QED) is 0.160. The first-order valence-corrected chi connectivity index (χ1v) is 13.9. The molecule has 0 bridgehead atoms. The number of para-hydroxylation sites is 1. The number of nitrogens with zero attached hydrogens (tertiary/aromatic N) is 3. The van der Waals surface area contributed by atoms with E-state index in [1.807, 2.05) is 6.92 Å². The van der Waals surface area contributed by atoms with Gasteiger partial charge in [0.15, 0.2) is 16.3 Å². The average molecular weight is 590 g/mol. The number of allylic oxidation sites excluding steroid dienone is 1. The predicted molar refractivity (Wildman–Crippen MR) is 155 cm³/mol. The van der Waals surface area contributed by atoms with Crippen molar-refractivity contribution in [3.8, 4) is 22.8 Å². The Balaban J connectivity index is 1.65. The summed E-state index contributed by atoms with van der Waals surface area (Å²) >= 11 is 1.16. The molecule has 1 aliphatic rings. The van der Waals surface area contributed by atoms with Crippen molar-refractivity contribution < 1.29 is 28.3 Å². The smallest absolute Gasteiger partial charge is 0.338 e. The van der Waals surface area contributed by atoms with Gasteiger partial charge >= 0.3 is 5.97 Å². The number of ether oxygens (including phenoxy) is 3. The van der Waals surface area contributed by atoms with Crippen LogP contribution in [0.4, 0.5) is 5.69 Å². The van der Waals surface area contributed by atoms with E-state index in [4.69, 9.17) is 18.6 Å². The zero-order valence-corrected chi connectivity index (χ0v) is 24.1. The molecule has 0 amide bonds. The second-order valence-corrected chi connectivity index (χ2v) is 10.1. The van der Waals surface area contributed by atoms with Gasteiger partial charge in [-0.25, -0.2) is 9.79 Å². The fourth-order valence-electron chi connectivity index (χ4n) is 4.76. The molecule has 0 radical (unpaired) electrons. The van der Waals surface area contributed by atoms with Crippen LogP contribution in [0.25, 0.3) is 17.4 Å². The number of non-ortho nitro benzene ring substituents is 1. The highest BCUT2D eigenvalue weighted by Gasteiger charge is 2.36. The lowest BCUT2D eigenvalue weighted by molar-refractivity contribution is -0.384. The number of esters is 1. The van der Waals surface area contributed by atoms with Gasteiger partial charge in [0.2, 0.25) is 0 Å². The van der Waals surface area contributed by atoms with E-state index in [1.54, 1.807) is 62.4 Å². The van der Waals surface area contributed by atoms with Gasteiger partial charge in [-0.2, -0.15) is 0 Å². The summed E-state index contributed by atoms with van der Waals surface area (Å²) in [5, 5.41) is 11.0. The third-order valence-electron chi connectivity index (χ3n) is 6.59. The molecule has 0 N–H and O–H groups in total. The van der Waals surface area contributed by atoms with Gasteiger partial charge in [-0.05, 0) is 51.1 Å². The van der Waals surface area contributed by atoms with Crippen molar-refractivity contribution in [1.29, 1.82) is 0 Å². The monoisotopic (exact) mass is 589 g/mol. The Hall–Kier alpha value is -4.97. The molecule has 0 saturated heterocycles. The molecule has 0 fully saturated rings. The Bertz CT molecular complexity index is 1880. The van der Waals surface area contributed by atoms with E-state index in [9.17, 15) is 19.7 Å². The third kappa shape index (κ3) is 5.23. The number of thiazole rings is 1. The van der Waals surface area contributed by atoms with Gasteiger partial charge in [0.1, 0.15) is 17.6 Å². The molecule has 0 unspecified atom stereocenters. The molecular weight excluding hydrogens is 562 g/mol. The summed E-state index contributed by atoms with van der Waals surface area (Å²) in [7, 11) is 1.52. The van der Waals surface area contributed by atoms with E-state index in [2.05, 4.69) is 4.99 Å². The lowest BCUT2D eigenvalue weighted by Gasteiger charge is -2.26. The van der Waals surface area contributed by atoms with Gasteiger partial charge in [-0.3, -0.25) is 19.5 Å². The topological polar surface area (TPSA) is 135 Å². The number of nitro groups is 1. The van der Waals surface area contributed by atoms with E-state index in [0.717, 1.165) is 11.3 Å². The van der Waals surface area contributed by atoms with Crippen molar-refractivity contribution in [2.45, 2.75) is 26.8 Å². The summed E-state index contributed by atoms with van der Waals surface area (Å²) in [6.45, 7) is 5.74. The molecule has 2 aromatic heterocycles. The Labute approximate surface area is 243 Å². The summed E-state index contributed by atoms with van der Waals surface area (Å²) in [5.41, 5.74) is 1.45. The lowest BCUT2D eigenvalue weighted by Crippen LogP contribution is -2.40. The fourth-order valence-corrected chi connectivity index (χ4v) is 5.78. The first-order valence-electron chi connectivity index (χ1n) is 13.1. The number of methoxy groups -OCH3 is 1. The maximum absolute atomic E-state index is 14.0. The minimum atomic E-state index is -0.883. The second-order valence-electron chi connectivity index (χ2n) is 9.12. The van der Waals surface area contributed by atoms with E-state index in [1.165, 1.54) is 23.8 Å². The minimum absolute atomic E-state index is 0.0257. The van der Waals surface area contributed by atoms with Gasteiger partial charge < -0.3 is 18.6 Å². The number of aromatic nitrogens is 1. The van der Waals surface area contributed by atoms with Crippen molar-refractivity contribution in [3.05, 3.63) is 107 Å². The van der Waals surface area contributed by atoms with Crippen molar-refractivity contribution in [1.82, 2.24) is 4.57 Å². The molecule has 2 aromatic carbocycles. The van der Waals surface area contributed by atoms with Crippen LogP contribution in [0.3, 0.4) is 0 Å². The molecule has 1 atom stereocenters. The van der Waals surface area contributed by atoms with Crippen molar-refractivity contribution >= 4 is 29.1 Å². The SMILES string of the molecule is CCOC(=O)C1=C(C)N=c2s/c(=C/c3ccc(-c4ccc([N+](=O)[O-])cc4)o3)c(=O)n2[C@H]1c1cccc(OC)c1OCC. The zero-order valence-electron chi connectivity index (χ0n) is 23.3. The molecule has 3 heterocycles. The number of hydrogen-bond donors (Lipinski definition) is 0. The van der Waals surface area contributed by atoms with Crippen molar-refractivity contribution in [2.75, 3.05) is 20.3 Å². The maximum Gasteiger partial charge on any atom is 0.338 e. The Kier molecular flexibility index (Phi) is 8.07. The molecule has 216 valence electrons. The summed E-state index contributed by atoms with van der Waals surface area (Å²) in [6, 6.07) is 13.8. The highest BCUT2D eigenvalue weighted by atomic mass is 32.1. The molecular formula is C30H27N3O8S. The van der Waals surface area contributed by atoms with Gasteiger partial charge in [-0.15, -0.1) is 0 Å². The predicted octanol–water partition coefficient (Wildman–Crippen LogP) is 4.37. The van der Waals surface area contributed by atoms with Crippen LogP contribution < -0.4 is 24.4 Å². The summed E-state index contributed by atoms with van der Waals surface area (Å²) < 4.78 is 24.6. The molecule has 0 aliphatic carbocycles. The van der Waals surface area contributed by atoms with E-state index in [0.29, 0.717) is 55.8 Å². The van der Waals surface area contributed by atoms with Crippen LogP contribution in [-0.2, 0) is 9.53 Å². The van der Waals surface area contributed by atoms with E-state index in [-0.39, 0.29) is 23.4 Å². The number of rotatable bonds is 9. The highest BCUT2D eigenvalue weighted by Crippen LogP contribution is 2.40. The molecule has 5 rings (SSSR count). The van der Waals surface area contributed by atoms with Crippen LogP contribution in [0.1, 0.15) is 38.1 Å². The molecule has 1 aliphatic heterocycles. The summed E-state index contributed by atoms with van der Waals surface area (Å²) in [5.74, 6) is 1.19. The standard InChI is InChI=1S/C30H27N3O8S/c1-5-39-27-21(8-7-9-23(27)38-4)26-25(29(35)40-6-2)17(3)31-30-32(26)28(34)24(42-30)16-20-14-15-22(41-20)18-10-12-19(13-11-18)33(36)37/h7-16,26H,5-6H2,1-4H3/b24-16+/t26-/m0/s1. The average Bonchev–Trinajstić information content (AvgIpc) is 3.57. The molecule has 11 nitrogen and oxygen atoms in total. The van der Waals surface area contributed by atoms with Gasteiger partial charge in [0.25, 0.3) is 11.2 Å². The number of carbonyl (C=O) groups excluding carboxylic acids is 1. The maximum atomic E-state index is 14.0. The number of carbonyl (C=O) groups is 1. The number of hydrogen-bond acceptors (Lipinski definition) is 10. The number of furan rings is 1. The number of nitro benzene ring substituents is 1. The summed E-state index contributed by atoms with van der Waals surface area (Å²) in [4.78, 5) is 42.7. The Morgan fingerprint density at radius 1 is 1.14 bits per heavy atom. The third-order valence-corrected chi connectivity index (χ3v) is 7.58. The highest BCUT2D eigenvalue weighted by molar-refractivity contribution is 7.07. The van der Waals surface area contributed by atoms with Gasteiger partial charge in [0.05, 0.1) is 41.0 Å². The van der Waals surface area contributed by atoms with Gasteiger partial charge in [0, 0.05) is 29.3 Å². The molecule has 12 heteroatoms. The Morgan fingerprint density at radius 3 is 2.57 bits per heavy atom. The van der Waals surface area contributed by atoms with Crippen LogP contribution in [0, 0.1) is 10.1 Å². The summed E-state index contributed by atoms with van der Waals surface area (Å²) in [6.07, 6.45) is 1.61. The lowest BCUT2D eigenvalue weighted by atomic mass is 9.94. The molecule has 4 aromatic rings. The van der Waals surface area contributed by atoms with Crippen LogP contribution in [0.5, 0.6) is 11.5 Å². The molecule has 42 heavy (non-hydrogen) atoms. The molecule has 0 spiro atoms. The number of benzene rings is 2. The van der Waals surface area contributed by atoms with Crippen LogP contribution in [0.15, 0.2) is 80.1 Å². The number of fused-ring (bicyclic) bond motifs is 1. The second kappa shape index (κ2) is 11.9. The van der Waals surface area contributed by atoms with E-state index < -0.39 is 16.9 Å². The van der Waals surface area contributed by atoms with Crippen molar-refractivity contribution in [2.24, 2.45) is 4.99 Å². The first-order chi connectivity index (χ1) is 20.3. The zero-order chi connectivity index (χ0) is 30.0. The van der Waals surface area contributed by atoms with Gasteiger partial charge in [-0.1, -0.05) is 23.5 Å². The largest absolute Gasteiger partial charge is 0.493 e. The van der Waals surface area contributed by atoms with Crippen molar-refractivity contribution in [3.63, 3.8) is 0 Å². The minimum Gasteiger partial charge on any atom is -0.493 e. The molecule has 0 saturated carbocycles. The first kappa shape index (κ1) is 28.6. The van der Waals surface area contributed by atoms with Crippen LogP contribution >= 0.6 is 11.3 Å². The van der Waals surface area contributed by atoms with E-state index >= 15 is 0 Å². The van der Waals surface area contributed by atoms with Crippen LogP contribution in [-0.4, -0.2) is 35.8 Å². The normalized spacial score (nSPS) is 14.8. The Morgan fingerprint density at radius 2 is 1.90 bits per heavy atom. The fraction of sp³-hybridized carbons (Fsp3) is 0.233. The van der Waals surface area contributed by atoms with Crippen LogP contribution in [0.2, 0.25) is 0 Å².